The minimum Gasteiger partial charge on any atom is -0.457 e. The van der Waals surface area contributed by atoms with Gasteiger partial charge in [0.05, 0.1) is 12.6 Å². The second-order valence-corrected chi connectivity index (χ2v) is 4.32. The Morgan fingerprint density at radius 2 is 1.93 bits per heavy atom. The van der Waals surface area contributed by atoms with Gasteiger partial charge in [-0.15, -0.1) is 0 Å². The van der Waals surface area contributed by atoms with E-state index in [1.54, 1.807) is 13.8 Å². The van der Waals surface area contributed by atoms with Crippen LogP contribution in [0.3, 0.4) is 0 Å². The maximum atomic E-state index is 11.3. The zero-order chi connectivity index (χ0) is 12.1. The molecule has 0 spiro atoms. The van der Waals surface area contributed by atoms with Gasteiger partial charge in [0.1, 0.15) is 0 Å². The van der Waals surface area contributed by atoms with Gasteiger partial charge >= 0.3 is 5.97 Å². The topological polar surface area (TPSA) is 81.4 Å². The number of ether oxygens (including phenoxy) is 1. The lowest BCUT2D eigenvalue weighted by Gasteiger charge is -2.23. The molecule has 0 aromatic rings. The van der Waals surface area contributed by atoms with Gasteiger partial charge in [0, 0.05) is 12.1 Å². The normalized spacial score (nSPS) is 11.6. The van der Waals surface area contributed by atoms with Crippen LogP contribution in [-0.2, 0) is 14.3 Å². The van der Waals surface area contributed by atoms with E-state index in [2.05, 4.69) is 5.32 Å². The second kappa shape index (κ2) is 5.82. The predicted molar refractivity (Wildman–Crippen MR) is 57.4 cm³/mol. The van der Waals surface area contributed by atoms with E-state index in [-0.39, 0.29) is 18.2 Å². The van der Waals surface area contributed by atoms with Crippen molar-refractivity contribution in [1.29, 1.82) is 0 Å². The number of nitrogens with two attached hydrogens (primary N) is 1. The molecule has 0 rings (SSSR count). The van der Waals surface area contributed by atoms with Crippen molar-refractivity contribution in [2.24, 2.45) is 5.73 Å². The fourth-order valence-electron chi connectivity index (χ4n) is 0.744. The number of carbonyl (C=O) groups is 2. The summed E-state index contributed by atoms with van der Waals surface area (Å²) in [6, 6.07) is 0. The smallest absolute Gasteiger partial charge is 0.376 e. The molecular weight excluding hydrogens is 196 g/mol. The van der Waals surface area contributed by atoms with E-state index in [1.165, 1.54) is 0 Å². The Morgan fingerprint density at radius 1 is 1.40 bits per heavy atom. The van der Waals surface area contributed by atoms with Crippen LogP contribution in [0.25, 0.3) is 0 Å². The van der Waals surface area contributed by atoms with E-state index in [0.717, 1.165) is 0 Å². The fourth-order valence-corrected chi connectivity index (χ4v) is 0.744. The van der Waals surface area contributed by atoms with Crippen molar-refractivity contribution >= 4 is 11.8 Å². The lowest BCUT2D eigenvalue weighted by Crippen LogP contribution is -2.49. The summed E-state index contributed by atoms with van der Waals surface area (Å²) in [6.45, 7) is 7.45. The van der Waals surface area contributed by atoms with Gasteiger partial charge in [0.25, 0.3) is 5.78 Å². The molecule has 0 saturated carbocycles. The Morgan fingerprint density at radius 3 is 2.33 bits per heavy atom. The van der Waals surface area contributed by atoms with Crippen LogP contribution in [0.2, 0.25) is 0 Å². The Balaban J connectivity index is 3.99. The number of ketones is 1. The summed E-state index contributed by atoms with van der Waals surface area (Å²) in [5, 5.41) is 2.89. The maximum absolute atomic E-state index is 11.3. The van der Waals surface area contributed by atoms with Gasteiger partial charge in [-0.2, -0.15) is 0 Å². The van der Waals surface area contributed by atoms with Crippen LogP contribution < -0.4 is 11.1 Å². The van der Waals surface area contributed by atoms with Crippen LogP contribution in [0.5, 0.6) is 0 Å². The number of esters is 1. The molecule has 0 aromatic heterocycles. The van der Waals surface area contributed by atoms with Crippen molar-refractivity contribution in [3.63, 3.8) is 0 Å². The molecule has 0 aromatic carbocycles. The first-order valence-corrected chi connectivity index (χ1v) is 4.97. The summed E-state index contributed by atoms with van der Waals surface area (Å²) in [5.41, 5.74) is 5.11. The molecule has 15 heavy (non-hydrogen) atoms. The predicted octanol–water partition coefficient (Wildman–Crippen LogP) is -0.166. The summed E-state index contributed by atoms with van der Waals surface area (Å²) in [5.74, 6) is -1.38. The highest BCUT2D eigenvalue weighted by Gasteiger charge is 2.21. The van der Waals surface area contributed by atoms with Gasteiger partial charge in [-0.3, -0.25) is 4.79 Å². The van der Waals surface area contributed by atoms with Crippen LogP contribution in [-0.4, -0.2) is 36.5 Å². The van der Waals surface area contributed by atoms with Gasteiger partial charge in [-0.25, -0.2) is 4.79 Å². The minimum atomic E-state index is -0.801. The molecule has 0 fully saturated rings. The Bertz CT molecular complexity index is 237. The van der Waals surface area contributed by atoms with Crippen LogP contribution in [0.15, 0.2) is 0 Å². The number of hydrogen-bond donors (Lipinski definition) is 2. The third kappa shape index (κ3) is 6.19. The van der Waals surface area contributed by atoms with Crippen molar-refractivity contribution in [2.75, 3.05) is 13.1 Å². The largest absolute Gasteiger partial charge is 0.457 e. The number of hydrogen-bond acceptors (Lipinski definition) is 5. The summed E-state index contributed by atoms with van der Waals surface area (Å²) in [7, 11) is 0. The van der Waals surface area contributed by atoms with Gasteiger partial charge < -0.3 is 15.8 Å². The third-order valence-electron chi connectivity index (χ3n) is 1.81. The number of carbonyl (C=O) groups excluding carboxylic acids is 2. The molecule has 0 heterocycles. The average Bonchev–Trinajstić information content (AvgIpc) is 2.13. The van der Waals surface area contributed by atoms with Gasteiger partial charge in [-0.1, -0.05) is 0 Å². The Hall–Kier alpha value is -0.940. The molecule has 0 aliphatic carbocycles. The van der Waals surface area contributed by atoms with Gasteiger partial charge in [-0.05, 0) is 27.7 Å². The molecule has 0 radical (unpaired) electrons. The highest BCUT2D eigenvalue weighted by molar-refractivity contribution is 6.34. The number of Topliss-reactive ketones (excluding diaryl/α,β-unsaturated/α-hetero) is 1. The molecule has 0 saturated heterocycles. The van der Waals surface area contributed by atoms with Gasteiger partial charge in [0.15, 0.2) is 0 Å². The zero-order valence-electron chi connectivity index (χ0n) is 9.79. The van der Waals surface area contributed by atoms with E-state index in [9.17, 15) is 9.59 Å². The summed E-state index contributed by atoms with van der Waals surface area (Å²) >= 11 is 0. The molecule has 0 bridgehead atoms. The Labute approximate surface area is 90.4 Å². The third-order valence-corrected chi connectivity index (χ3v) is 1.81. The monoisotopic (exact) mass is 216 g/mol. The fraction of sp³-hybridized carbons (Fsp3) is 0.800. The molecule has 5 nitrogen and oxygen atoms in total. The molecule has 0 amide bonds. The summed E-state index contributed by atoms with van der Waals surface area (Å²) < 4.78 is 4.75. The lowest BCUT2D eigenvalue weighted by atomic mass is 10.1. The summed E-state index contributed by atoms with van der Waals surface area (Å²) in [4.78, 5) is 22.4. The minimum absolute atomic E-state index is 0.0459. The van der Waals surface area contributed by atoms with Crippen LogP contribution in [0.4, 0.5) is 0 Å². The molecule has 0 aliphatic rings. The first-order chi connectivity index (χ1) is 6.78. The van der Waals surface area contributed by atoms with Crippen LogP contribution in [0, 0.1) is 0 Å². The first-order valence-electron chi connectivity index (χ1n) is 4.97. The van der Waals surface area contributed by atoms with Crippen LogP contribution in [0.1, 0.15) is 27.7 Å². The second-order valence-electron chi connectivity index (χ2n) is 4.32. The van der Waals surface area contributed by atoms with Crippen molar-refractivity contribution < 1.29 is 14.3 Å². The Kier molecular flexibility index (Phi) is 5.46. The average molecular weight is 216 g/mol. The van der Waals surface area contributed by atoms with Crippen LogP contribution >= 0.6 is 0 Å². The number of nitrogens with one attached hydrogen (secondary N) is 1. The quantitative estimate of drug-likeness (QED) is 0.476. The maximum Gasteiger partial charge on any atom is 0.376 e. The van der Waals surface area contributed by atoms with Crippen molar-refractivity contribution in [1.82, 2.24) is 5.32 Å². The molecule has 5 heteroatoms. The first kappa shape index (κ1) is 14.1. The highest BCUT2D eigenvalue weighted by Crippen LogP contribution is 1.98. The van der Waals surface area contributed by atoms with Crippen molar-refractivity contribution in [3.05, 3.63) is 0 Å². The molecule has 0 unspecified atom stereocenters. The van der Waals surface area contributed by atoms with E-state index >= 15 is 0 Å². The van der Waals surface area contributed by atoms with E-state index in [4.69, 9.17) is 10.5 Å². The van der Waals surface area contributed by atoms with E-state index in [1.807, 2.05) is 13.8 Å². The molecule has 0 aliphatic heterocycles. The highest BCUT2D eigenvalue weighted by atomic mass is 16.5. The lowest BCUT2D eigenvalue weighted by molar-refractivity contribution is -0.156. The van der Waals surface area contributed by atoms with E-state index in [0.29, 0.717) is 6.54 Å². The van der Waals surface area contributed by atoms with Crippen molar-refractivity contribution in [3.8, 4) is 0 Å². The van der Waals surface area contributed by atoms with Gasteiger partial charge in [0.2, 0.25) is 0 Å². The molecule has 0 atom stereocenters. The summed E-state index contributed by atoms with van der Waals surface area (Å²) in [6.07, 6.45) is -0.274. The van der Waals surface area contributed by atoms with E-state index < -0.39 is 11.8 Å². The molecule has 88 valence electrons. The molecular formula is C10H20N2O3. The number of rotatable bonds is 6. The SMILES string of the molecule is CC(C)OC(=O)C(=O)CNC(C)(C)CN. The standard InChI is InChI=1S/C10H20N2O3/c1-7(2)15-9(14)8(13)5-12-10(3,4)6-11/h7,12H,5-6,11H2,1-4H3. The molecule has 3 N–H and O–H groups in total. The van der Waals surface area contributed by atoms with Crippen molar-refractivity contribution in [2.45, 2.75) is 39.3 Å². The zero-order valence-corrected chi connectivity index (χ0v) is 9.79.